The molecular formula is C40H38N16S2. The van der Waals surface area contributed by atoms with Gasteiger partial charge in [0.25, 0.3) is 0 Å². The lowest BCUT2D eigenvalue weighted by molar-refractivity contribution is 0.628. The van der Waals surface area contributed by atoms with E-state index in [1.54, 1.807) is 24.8 Å². The summed E-state index contributed by atoms with van der Waals surface area (Å²) in [6.07, 6.45) is 15.0. The molecule has 16 nitrogen and oxygen atoms in total. The van der Waals surface area contributed by atoms with Gasteiger partial charge in [0.1, 0.15) is 34.0 Å². The molecule has 4 unspecified atom stereocenters. The molecule has 0 bridgehead atoms. The second-order valence-electron chi connectivity index (χ2n) is 15.9. The molecule has 2 aliphatic heterocycles. The van der Waals surface area contributed by atoms with Gasteiger partial charge in [-0.1, -0.05) is 0 Å². The average Bonchev–Trinajstić information content (AvgIpc) is 3.89. The van der Waals surface area contributed by atoms with Gasteiger partial charge in [0, 0.05) is 103 Å². The van der Waals surface area contributed by atoms with E-state index >= 15 is 0 Å². The van der Waals surface area contributed by atoms with Crippen LogP contribution in [0, 0.1) is 18.8 Å². The van der Waals surface area contributed by atoms with Crippen molar-refractivity contribution in [2.75, 3.05) is 29.4 Å². The SMILES string of the molecule is Cc1c(CC2CC(N)CN2c2nc(Sc3cnc4nccnc4c3)nc3[nH]c4c(c23)CCC4)[nH]c2nc(Sc3cnc4nccnc4c3)nc(N3CC4C(N)C4C3)c12. The summed E-state index contributed by atoms with van der Waals surface area (Å²) in [5.41, 5.74) is 22.5. The molecule has 10 heterocycles. The number of anilines is 2. The molecule has 0 radical (unpaired) electrons. The number of aryl methyl sites for hydroxylation is 3. The minimum atomic E-state index is -0.00908. The molecule has 0 amide bonds. The summed E-state index contributed by atoms with van der Waals surface area (Å²) in [4.78, 5) is 61.5. The highest BCUT2D eigenvalue weighted by Crippen LogP contribution is 2.47. The maximum Gasteiger partial charge on any atom is 0.196 e. The van der Waals surface area contributed by atoms with Crippen LogP contribution in [0.1, 0.15) is 35.4 Å². The van der Waals surface area contributed by atoms with Crippen LogP contribution in [-0.4, -0.2) is 97.6 Å². The Hall–Kier alpha value is -5.56. The molecule has 6 N–H and O–H groups in total. The van der Waals surface area contributed by atoms with Gasteiger partial charge in [0.2, 0.25) is 0 Å². The minimum Gasteiger partial charge on any atom is -0.355 e. The molecule has 2 saturated heterocycles. The summed E-state index contributed by atoms with van der Waals surface area (Å²) < 4.78 is 0. The highest BCUT2D eigenvalue weighted by Gasteiger charge is 2.54. The molecule has 8 aromatic heterocycles. The predicted molar refractivity (Wildman–Crippen MR) is 222 cm³/mol. The number of rotatable bonds is 8. The van der Waals surface area contributed by atoms with E-state index in [2.05, 4.69) is 56.6 Å². The highest BCUT2D eigenvalue weighted by molar-refractivity contribution is 7.99. The van der Waals surface area contributed by atoms with Crippen LogP contribution in [0.3, 0.4) is 0 Å². The maximum absolute atomic E-state index is 6.84. The van der Waals surface area contributed by atoms with Crippen molar-refractivity contribution in [1.82, 2.24) is 59.8 Å². The van der Waals surface area contributed by atoms with Crippen molar-refractivity contribution >= 4 is 79.6 Å². The van der Waals surface area contributed by atoms with E-state index < -0.39 is 0 Å². The molecule has 12 rings (SSSR count). The number of aromatic nitrogens is 12. The molecule has 0 spiro atoms. The monoisotopic (exact) mass is 806 g/mol. The normalized spacial score (nSPS) is 22.6. The second kappa shape index (κ2) is 13.2. The minimum absolute atomic E-state index is 0.00908. The van der Waals surface area contributed by atoms with Crippen molar-refractivity contribution in [1.29, 1.82) is 0 Å². The molecule has 4 aliphatic rings. The third kappa shape index (κ3) is 5.75. The van der Waals surface area contributed by atoms with Gasteiger partial charge in [0.05, 0.1) is 10.8 Å². The third-order valence-corrected chi connectivity index (χ3v) is 14.0. The number of aromatic amines is 2. The van der Waals surface area contributed by atoms with Crippen LogP contribution in [0.5, 0.6) is 0 Å². The second-order valence-corrected chi connectivity index (χ2v) is 18.0. The van der Waals surface area contributed by atoms with Crippen molar-refractivity contribution in [3.8, 4) is 0 Å². The van der Waals surface area contributed by atoms with Crippen molar-refractivity contribution in [3.05, 3.63) is 71.8 Å². The Bertz CT molecular complexity index is 2940. The molecule has 0 aromatic carbocycles. The zero-order valence-corrected chi connectivity index (χ0v) is 33.1. The van der Waals surface area contributed by atoms with Gasteiger partial charge in [-0.05, 0) is 91.2 Å². The first-order chi connectivity index (χ1) is 28.4. The maximum atomic E-state index is 6.84. The van der Waals surface area contributed by atoms with Gasteiger partial charge in [-0.25, -0.2) is 39.9 Å². The molecule has 1 saturated carbocycles. The summed E-state index contributed by atoms with van der Waals surface area (Å²) >= 11 is 2.97. The fourth-order valence-electron chi connectivity index (χ4n) is 9.47. The van der Waals surface area contributed by atoms with E-state index in [1.165, 1.54) is 34.8 Å². The summed E-state index contributed by atoms with van der Waals surface area (Å²) in [6.45, 7) is 4.68. The van der Waals surface area contributed by atoms with E-state index in [-0.39, 0.29) is 18.1 Å². The van der Waals surface area contributed by atoms with Gasteiger partial charge in [-0.15, -0.1) is 0 Å². The Morgan fingerprint density at radius 1 is 0.724 bits per heavy atom. The fourth-order valence-corrected chi connectivity index (χ4v) is 11.0. The summed E-state index contributed by atoms with van der Waals surface area (Å²) in [6, 6.07) is 4.34. The Labute approximate surface area is 339 Å². The van der Waals surface area contributed by atoms with Crippen LogP contribution in [0.25, 0.3) is 44.4 Å². The number of hydrogen-bond acceptors (Lipinski definition) is 16. The number of fused-ring (bicyclic) bond motifs is 7. The first kappa shape index (κ1) is 34.5. The van der Waals surface area contributed by atoms with E-state index in [4.69, 9.17) is 31.4 Å². The van der Waals surface area contributed by atoms with Crippen LogP contribution in [-0.2, 0) is 19.3 Å². The van der Waals surface area contributed by atoms with E-state index in [1.807, 2.05) is 24.5 Å². The lowest BCUT2D eigenvalue weighted by atomic mass is 10.0. The van der Waals surface area contributed by atoms with Gasteiger partial charge in [-0.3, -0.25) is 9.97 Å². The Morgan fingerprint density at radius 2 is 1.36 bits per heavy atom. The van der Waals surface area contributed by atoms with Crippen molar-refractivity contribution in [2.45, 2.75) is 77.3 Å². The van der Waals surface area contributed by atoms with E-state index in [0.29, 0.717) is 40.0 Å². The van der Waals surface area contributed by atoms with Gasteiger partial charge in [-0.2, -0.15) is 0 Å². The van der Waals surface area contributed by atoms with Crippen LogP contribution >= 0.6 is 23.5 Å². The van der Waals surface area contributed by atoms with Crippen LogP contribution < -0.4 is 21.3 Å². The molecule has 18 heteroatoms. The highest BCUT2D eigenvalue weighted by atomic mass is 32.2. The van der Waals surface area contributed by atoms with Crippen molar-refractivity contribution in [2.24, 2.45) is 23.3 Å². The number of hydrogen-bond donors (Lipinski definition) is 4. The molecule has 3 fully saturated rings. The molecule has 58 heavy (non-hydrogen) atoms. The summed E-state index contributed by atoms with van der Waals surface area (Å²) in [7, 11) is 0. The van der Waals surface area contributed by atoms with Crippen LogP contribution in [0.2, 0.25) is 0 Å². The zero-order chi connectivity index (χ0) is 38.6. The standard InChI is InChI=1S/C40H38N16S2/c1-18-27(50-35-30(18)37(55-16-24-25(17-55)32(24)42)53-39(51-35)57-21-11-28-33(47-13-21)45-7-5-43-28)10-20-9-19(41)15-56(20)38-31-23-3-2-4-26(23)49-36(31)52-40(54-38)58-22-12-29-34(48-14-22)46-8-6-44-29/h5-8,11-14,19-20,24-25,32H,2-4,9-10,15-17,41-42H2,1H3,(H,49,52,54)(H,50,51,53). The topological polar surface area (TPSA) is 219 Å². The zero-order valence-electron chi connectivity index (χ0n) is 31.5. The van der Waals surface area contributed by atoms with Gasteiger partial charge in [0.15, 0.2) is 21.6 Å². The predicted octanol–water partition coefficient (Wildman–Crippen LogP) is 4.55. The van der Waals surface area contributed by atoms with E-state index in [9.17, 15) is 0 Å². The number of nitrogens with zero attached hydrogens (tertiary/aromatic N) is 12. The molecule has 2 aliphatic carbocycles. The number of piperidine rings is 1. The molecule has 290 valence electrons. The Kier molecular flexibility index (Phi) is 7.87. The third-order valence-electron chi connectivity index (χ3n) is 12.4. The summed E-state index contributed by atoms with van der Waals surface area (Å²) in [5, 5.41) is 3.47. The largest absolute Gasteiger partial charge is 0.355 e. The fraction of sp³-hybridized carbons (Fsp3) is 0.350. The van der Waals surface area contributed by atoms with Gasteiger partial charge >= 0.3 is 0 Å². The van der Waals surface area contributed by atoms with Crippen molar-refractivity contribution < 1.29 is 0 Å². The number of pyridine rings is 2. The van der Waals surface area contributed by atoms with Crippen LogP contribution in [0.15, 0.2) is 69.4 Å². The molecular weight excluding hydrogens is 769 g/mol. The lowest BCUT2D eigenvalue weighted by Crippen LogP contribution is -2.33. The quantitative estimate of drug-likeness (QED) is 0.155. The first-order valence-electron chi connectivity index (χ1n) is 19.7. The smallest absolute Gasteiger partial charge is 0.196 e. The van der Waals surface area contributed by atoms with E-state index in [0.717, 1.165) is 111 Å². The summed E-state index contributed by atoms with van der Waals surface area (Å²) in [5.74, 6) is 2.90. The van der Waals surface area contributed by atoms with Crippen LogP contribution in [0.4, 0.5) is 11.6 Å². The Morgan fingerprint density at radius 3 is 2.05 bits per heavy atom. The molecule has 8 aromatic rings. The average molecular weight is 807 g/mol. The number of H-pyrrole nitrogens is 2. The number of nitrogens with two attached hydrogens (primary N) is 2. The molecule has 4 atom stereocenters. The Balaban J connectivity index is 0.913. The number of nitrogens with one attached hydrogen (secondary N) is 2. The lowest BCUT2D eigenvalue weighted by Gasteiger charge is -2.27. The van der Waals surface area contributed by atoms with Gasteiger partial charge < -0.3 is 31.2 Å². The first-order valence-corrected chi connectivity index (χ1v) is 21.4. The van der Waals surface area contributed by atoms with Crippen molar-refractivity contribution in [3.63, 3.8) is 0 Å².